The number of hydrogen-bond acceptors (Lipinski definition) is 3. The van der Waals surface area contributed by atoms with Crippen molar-refractivity contribution in [3.63, 3.8) is 0 Å². The van der Waals surface area contributed by atoms with Gasteiger partial charge in [0.15, 0.2) is 0 Å². The highest BCUT2D eigenvalue weighted by Crippen LogP contribution is 2.09. The Morgan fingerprint density at radius 3 is 2.27 bits per heavy atom. The van der Waals surface area contributed by atoms with Crippen LogP contribution in [0.25, 0.3) is 0 Å². The minimum absolute atomic E-state index is 0.200. The quantitative estimate of drug-likeness (QED) is 0.610. The van der Waals surface area contributed by atoms with Crippen molar-refractivity contribution in [2.45, 2.75) is 33.3 Å². The van der Waals surface area contributed by atoms with Crippen LogP contribution < -0.4 is 5.73 Å². The Balaban J connectivity index is 3.88. The van der Waals surface area contributed by atoms with Crippen molar-refractivity contribution in [1.82, 2.24) is 0 Å². The van der Waals surface area contributed by atoms with E-state index < -0.39 is 5.60 Å². The van der Waals surface area contributed by atoms with Crippen molar-refractivity contribution in [2.75, 3.05) is 6.54 Å². The monoisotopic (exact) mass is 159 g/mol. The van der Waals surface area contributed by atoms with Gasteiger partial charge in [0, 0.05) is 6.54 Å². The van der Waals surface area contributed by atoms with E-state index in [0.29, 0.717) is 6.54 Å². The summed E-state index contributed by atoms with van der Waals surface area (Å²) < 4.78 is 5.07. The molecule has 1 unspecified atom stereocenters. The van der Waals surface area contributed by atoms with Crippen molar-refractivity contribution < 1.29 is 9.53 Å². The number of nitrogens with two attached hydrogens (primary N) is 1. The molecule has 3 heteroatoms. The second kappa shape index (κ2) is 3.72. The summed E-state index contributed by atoms with van der Waals surface area (Å²) in [5.41, 5.74) is 4.89. The van der Waals surface area contributed by atoms with Crippen LogP contribution in [-0.2, 0) is 9.53 Å². The van der Waals surface area contributed by atoms with Gasteiger partial charge < -0.3 is 10.5 Å². The van der Waals surface area contributed by atoms with Gasteiger partial charge in [-0.2, -0.15) is 0 Å². The number of carbonyl (C=O) groups excluding carboxylic acids is 1. The number of hydrogen-bond donors (Lipinski definition) is 1. The first-order valence-corrected chi connectivity index (χ1v) is 3.79. The standard InChI is InChI=1S/C8H17NO2/c1-6(5-9)7(10)11-8(2,3)4/h6H,5,9H2,1-4H3. The number of esters is 1. The van der Waals surface area contributed by atoms with Gasteiger partial charge in [-0.05, 0) is 20.8 Å². The first kappa shape index (κ1) is 10.4. The molecule has 2 N–H and O–H groups in total. The topological polar surface area (TPSA) is 52.3 Å². The molecule has 0 heterocycles. The highest BCUT2D eigenvalue weighted by molar-refractivity contribution is 5.72. The van der Waals surface area contributed by atoms with Crippen LogP contribution >= 0.6 is 0 Å². The average molecular weight is 159 g/mol. The lowest BCUT2D eigenvalue weighted by atomic mass is 10.1. The Kier molecular flexibility index (Phi) is 3.52. The molecular weight excluding hydrogens is 142 g/mol. The third-order valence-corrected chi connectivity index (χ3v) is 1.16. The Labute approximate surface area is 67.9 Å². The second-order valence-corrected chi connectivity index (χ2v) is 3.67. The third-order valence-electron chi connectivity index (χ3n) is 1.16. The van der Waals surface area contributed by atoms with E-state index >= 15 is 0 Å². The molecule has 0 bridgehead atoms. The lowest BCUT2D eigenvalue weighted by molar-refractivity contribution is -0.158. The largest absolute Gasteiger partial charge is 0.460 e. The summed E-state index contributed by atoms with van der Waals surface area (Å²) in [5, 5.41) is 0. The fraction of sp³-hybridized carbons (Fsp3) is 0.875. The molecule has 0 rings (SSSR count). The molecule has 0 aliphatic rings. The molecule has 0 saturated carbocycles. The highest BCUT2D eigenvalue weighted by Gasteiger charge is 2.20. The molecule has 0 aliphatic carbocycles. The van der Waals surface area contributed by atoms with Gasteiger partial charge in [-0.3, -0.25) is 4.79 Å². The van der Waals surface area contributed by atoms with Gasteiger partial charge in [-0.1, -0.05) is 6.92 Å². The molecule has 1 atom stereocenters. The Hall–Kier alpha value is -0.570. The SMILES string of the molecule is CC(CN)C(=O)OC(C)(C)C. The zero-order valence-electron chi connectivity index (χ0n) is 7.68. The molecule has 0 aromatic carbocycles. The van der Waals surface area contributed by atoms with E-state index in [-0.39, 0.29) is 11.9 Å². The summed E-state index contributed by atoms with van der Waals surface area (Å²) in [6.07, 6.45) is 0. The molecule has 0 aromatic heterocycles. The highest BCUT2D eigenvalue weighted by atomic mass is 16.6. The number of carbonyl (C=O) groups is 1. The van der Waals surface area contributed by atoms with E-state index in [2.05, 4.69) is 0 Å². The molecule has 0 spiro atoms. The second-order valence-electron chi connectivity index (χ2n) is 3.67. The van der Waals surface area contributed by atoms with E-state index in [0.717, 1.165) is 0 Å². The smallest absolute Gasteiger partial charge is 0.310 e. The van der Waals surface area contributed by atoms with Crippen LogP contribution in [0.2, 0.25) is 0 Å². The third kappa shape index (κ3) is 4.79. The van der Waals surface area contributed by atoms with E-state index in [4.69, 9.17) is 10.5 Å². The van der Waals surface area contributed by atoms with Crippen molar-refractivity contribution in [1.29, 1.82) is 0 Å². The van der Waals surface area contributed by atoms with Crippen molar-refractivity contribution in [3.05, 3.63) is 0 Å². The summed E-state index contributed by atoms with van der Waals surface area (Å²) >= 11 is 0. The molecule has 11 heavy (non-hydrogen) atoms. The van der Waals surface area contributed by atoms with Crippen LogP contribution in [0, 0.1) is 5.92 Å². The van der Waals surface area contributed by atoms with Crippen LogP contribution in [0.3, 0.4) is 0 Å². The van der Waals surface area contributed by atoms with E-state index in [9.17, 15) is 4.79 Å². The first-order chi connectivity index (χ1) is 4.87. The van der Waals surface area contributed by atoms with Crippen LogP contribution in [0.4, 0.5) is 0 Å². The number of rotatable bonds is 2. The minimum Gasteiger partial charge on any atom is -0.460 e. The Morgan fingerprint density at radius 1 is 1.55 bits per heavy atom. The zero-order valence-corrected chi connectivity index (χ0v) is 7.68. The fourth-order valence-electron chi connectivity index (χ4n) is 0.499. The summed E-state index contributed by atoms with van der Waals surface area (Å²) in [6, 6.07) is 0. The molecule has 0 aromatic rings. The summed E-state index contributed by atoms with van der Waals surface area (Å²) in [5.74, 6) is -0.422. The van der Waals surface area contributed by atoms with Gasteiger partial charge in [0.1, 0.15) is 5.60 Å². The summed E-state index contributed by atoms with van der Waals surface area (Å²) in [6.45, 7) is 7.62. The predicted octanol–water partition coefficient (Wildman–Crippen LogP) is 0.923. The van der Waals surface area contributed by atoms with Gasteiger partial charge in [-0.25, -0.2) is 0 Å². The molecule has 0 amide bonds. The average Bonchev–Trinajstić information content (AvgIpc) is 1.82. The van der Waals surface area contributed by atoms with E-state index in [1.165, 1.54) is 0 Å². The van der Waals surface area contributed by atoms with Gasteiger partial charge in [-0.15, -0.1) is 0 Å². The maximum absolute atomic E-state index is 11.1. The van der Waals surface area contributed by atoms with Crippen molar-refractivity contribution >= 4 is 5.97 Å². The normalized spacial score (nSPS) is 14.3. The Morgan fingerprint density at radius 2 is 2.00 bits per heavy atom. The van der Waals surface area contributed by atoms with Crippen molar-refractivity contribution in [3.8, 4) is 0 Å². The summed E-state index contributed by atoms with van der Waals surface area (Å²) in [7, 11) is 0. The fourth-order valence-corrected chi connectivity index (χ4v) is 0.499. The molecule has 3 nitrogen and oxygen atoms in total. The molecule has 0 fully saturated rings. The molecule has 0 saturated heterocycles. The molecule has 0 radical (unpaired) electrons. The van der Waals surface area contributed by atoms with Crippen molar-refractivity contribution in [2.24, 2.45) is 11.7 Å². The van der Waals surface area contributed by atoms with Gasteiger partial charge in [0.25, 0.3) is 0 Å². The predicted molar refractivity (Wildman–Crippen MR) is 44.1 cm³/mol. The number of ether oxygens (including phenoxy) is 1. The van der Waals surface area contributed by atoms with Gasteiger partial charge >= 0.3 is 5.97 Å². The minimum atomic E-state index is -0.402. The Bertz CT molecular complexity index is 138. The van der Waals surface area contributed by atoms with Gasteiger partial charge in [0.2, 0.25) is 0 Å². The van der Waals surface area contributed by atoms with Crippen LogP contribution in [-0.4, -0.2) is 18.1 Å². The first-order valence-electron chi connectivity index (χ1n) is 3.79. The van der Waals surface area contributed by atoms with E-state index in [1.807, 2.05) is 20.8 Å². The summed E-state index contributed by atoms with van der Waals surface area (Å²) in [4.78, 5) is 11.1. The zero-order chi connectivity index (χ0) is 9.07. The van der Waals surface area contributed by atoms with Crippen LogP contribution in [0.15, 0.2) is 0 Å². The molecule has 66 valence electrons. The van der Waals surface area contributed by atoms with Crippen LogP contribution in [0.5, 0.6) is 0 Å². The maximum Gasteiger partial charge on any atom is 0.310 e. The lowest BCUT2D eigenvalue weighted by Gasteiger charge is -2.21. The molecule has 0 aliphatic heterocycles. The maximum atomic E-state index is 11.1. The van der Waals surface area contributed by atoms with E-state index in [1.54, 1.807) is 6.92 Å². The van der Waals surface area contributed by atoms with Gasteiger partial charge in [0.05, 0.1) is 5.92 Å². The lowest BCUT2D eigenvalue weighted by Crippen LogP contribution is -2.30. The molecular formula is C8H17NO2. The van der Waals surface area contributed by atoms with Crippen LogP contribution in [0.1, 0.15) is 27.7 Å².